The molecule has 0 aliphatic carbocycles. The molecule has 1 unspecified atom stereocenters. The highest BCUT2D eigenvalue weighted by atomic mass is 79.9. The summed E-state index contributed by atoms with van der Waals surface area (Å²) < 4.78 is 1.17. The number of anilines is 1. The second-order valence-corrected chi connectivity index (χ2v) is 6.41. The van der Waals surface area contributed by atoms with Crippen LogP contribution in [0.5, 0.6) is 0 Å². The Balaban J connectivity index is 2.05. The summed E-state index contributed by atoms with van der Waals surface area (Å²) in [6, 6.07) is 7.24. The smallest absolute Gasteiger partial charge is 0.0505 e. The maximum atomic E-state index is 3.54. The van der Waals surface area contributed by atoms with Crippen molar-refractivity contribution >= 4 is 33.4 Å². The number of halogens is 1. The molecule has 17 heavy (non-hydrogen) atoms. The molecule has 0 radical (unpaired) electrons. The van der Waals surface area contributed by atoms with Crippen molar-refractivity contribution in [2.24, 2.45) is 0 Å². The molecule has 0 spiro atoms. The first kappa shape index (κ1) is 13.2. The van der Waals surface area contributed by atoms with Crippen LogP contribution in [0.1, 0.15) is 12.8 Å². The highest BCUT2D eigenvalue weighted by Gasteiger charge is 2.23. The van der Waals surface area contributed by atoms with E-state index < -0.39 is 0 Å². The molecule has 1 aliphatic heterocycles. The van der Waals surface area contributed by atoms with Crippen molar-refractivity contribution in [3.63, 3.8) is 0 Å². The van der Waals surface area contributed by atoms with Crippen LogP contribution in [0.25, 0.3) is 0 Å². The van der Waals surface area contributed by atoms with E-state index in [-0.39, 0.29) is 0 Å². The minimum absolute atomic E-state index is 0.669. The van der Waals surface area contributed by atoms with Crippen molar-refractivity contribution in [1.82, 2.24) is 5.32 Å². The Hall–Kier alpha value is -0.190. The molecule has 1 atom stereocenters. The average molecular weight is 315 g/mol. The molecule has 4 heteroatoms. The average Bonchev–Trinajstić information content (AvgIpc) is 2.32. The molecule has 1 aromatic rings. The van der Waals surface area contributed by atoms with Gasteiger partial charge in [0.15, 0.2) is 0 Å². The van der Waals surface area contributed by atoms with Gasteiger partial charge in [-0.3, -0.25) is 0 Å². The fraction of sp³-hybridized carbons (Fsp3) is 0.538. The van der Waals surface area contributed by atoms with Gasteiger partial charge in [-0.05, 0) is 44.6 Å². The standard InChI is InChI=1S/C13H19BrN2S/c1-15-7-3-4-11-9-17-13-8-10(14)5-6-12(13)16(11)2/h5-6,8,11,15H,3-4,7,9H2,1-2H3. The highest BCUT2D eigenvalue weighted by molar-refractivity contribution is 9.10. The zero-order valence-electron chi connectivity index (χ0n) is 10.4. The summed E-state index contributed by atoms with van der Waals surface area (Å²) in [6.07, 6.45) is 2.51. The third kappa shape index (κ3) is 3.18. The molecule has 0 bridgehead atoms. The van der Waals surface area contributed by atoms with Crippen molar-refractivity contribution in [1.29, 1.82) is 0 Å². The third-order valence-corrected chi connectivity index (χ3v) is 4.93. The molecule has 2 nitrogen and oxygen atoms in total. The van der Waals surface area contributed by atoms with Crippen molar-refractivity contribution in [3.05, 3.63) is 22.7 Å². The van der Waals surface area contributed by atoms with Gasteiger partial charge in [0.2, 0.25) is 0 Å². The fourth-order valence-electron chi connectivity index (χ4n) is 2.18. The first-order chi connectivity index (χ1) is 8.22. The van der Waals surface area contributed by atoms with E-state index in [9.17, 15) is 0 Å². The van der Waals surface area contributed by atoms with E-state index >= 15 is 0 Å². The van der Waals surface area contributed by atoms with Gasteiger partial charge >= 0.3 is 0 Å². The second-order valence-electron chi connectivity index (χ2n) is 4.43. The molecular weight excluding hydrogens is 296 g/mol. The number of rotatable bonds is 4. The second kappa shape index (κ2) is 6.12. The molecule has 1 heterocycles. The Morgan fingerprint density at radius 2 is 2.35 bits per heavy atom. The lowest BCUT2D eigenvalue weighted by molar-refractivity contribution is 0.577. The molecule has 1 aromatic carbocycles. The third-order valence-electron chi connectivity index (χ3n) is 3.24. The summed E-state index contributed by atoms with van der Waals surface area (Å²) in [5.41, 5.74) is 1.37. The lowest BCUT2D eigenvalue weighted by Gasteiger charge is -2.35. The van der Waals surface area contributed by atoms with Crippen LogP contribution in [0.3, 0.4) is 0 Å². The van der Waals surface area contributed by atoms with Gasteiger partial charge in [-0.1, -0.05) is 15.9 Å². The minimum atomic E-state index is 0.669. The summed E-state index contributed by atoms with van der Waals surface area (Å²) in [4.78, 5) is 3.83. The molecule has 0 amide bonds. The zero-order chi connectivity index (χ0) is 12.3. The quantitative estimate of drug-likeness (QED) is 0.858. The summed E-state index contributed by atoms with van der Waals surface area (Å²) in [7, 11) is 4.24. The van der Waals surface area contributed by atoms with Crippen molar-refractivity contribution in [2.45, 2.75) is 23.8 Å². The lowest BCUT2D eigenvalue weighted by atomic mass is 10.1. The molecule has 1 N–H and O–H groups in total. The predicted molar refractivity (Wildman–Crippen MR) is 80.2 cm³/mol. The van der Waals surface area contributed by atoms with Gasteiger partial charge in [0.05, 0.1) is 5.69 Å². The normalized spacial score (nSPS) is 19.2. The van der Waals surface area contributed by atoms with E-state index in [0.29, 0.717) is 6.04 Å². The van der Waals surface area contributed by atoms with E-state index in [0.717, 1.165) is 6.54 Å². The van der Waals surface area contributed by atoms with Crippen LogP contribution in [0.2, 0.25) is 0 Å². The largest absolute Gasteiger partial charge is 0.370 e. The van der Waals surface area contributed by atoms with Crippen LogP contribution in [-0.4, -0.2) is 32.4 Å². The van der Waals surface area contributed by atoms with Crippen molar-refractivity contribution < 1.29 is 0 Å². The van der Waals surface area contributed by atoms with Crippen molar-refractivity contribution in [2.75, 3.05) is 31.3 Å². The van der Waals surface area contributed by atoms with E-state index in [1.807, 2.05) is 18.8 Å². The molecule has 2 rings (SSSR count). The van der Waals surface area contributed by atoms with E-state index in [4.69, 9.17) is 0 Å². The van der Waals surface area contributed by atoms with Gasteiger partial charge in [0.1, 0.15) is 0 Å². The van der Waals surface area contributed by atoms with Crippen LogP contribution in [0.4, 0.5) is 5.69 Å². The SMILES string of the molecule is CNCCCC1CSc2cc(Br)ccc2N1C. The van der Waals surface area contributed by atoms with Crippen LogP contribution in [0.15, 0.2) is 27.6 Å². The highest BCUT2D eigenvalue weighted by Crippen LogP contribution is 2.39. The number of hydrogen-bond acceptors (Lipinski definition) is 3. The Bertz CT molecular complexity index is 384. The van der Waals surface area contributed by atoms with Crippen molar-refractivity contribution in [3.8, 4) is 0 Å². The summed E-state index contributed by atoms with van der Waals surface area (Å²) in [6.45, 7) is 1.11. The van der Waals surface area contributed by atoms with E-state index in [2.05, 4.69) is 51.4 Å². The lowest BCUT2D eigenvalue weighted by Crippen LogP contribution is -2.37. The molecule has 0 saturated heterocycles. The van der Waals surface area contributed by atoms with Gasteiger partial charge < -0.3 is 10.2 Å². The van der Waals surface area contributed by atoms with E-state index in [1.54, 1.807) is 0 Å². The first-order valence-corrected chi connectivity index (χ1v) is 7.80. The number of fused-ring (bicyclic) bond motifs is 1. The monoisotopic (exact) mass is 314 g/mol. The van der Waals surface area contributed by atoms with Crippen LogP contribution in [-0.2, 0) is 0 Å². The molecule has 0 fully saturated rings. The maximum absolute atomic E-state index is 3.54. The number of thioether (sulfide) groups is 1. The zero-order valence-corrected chi connectivity index (χ0v) is 12.8. The predicted octanol–water partition coefficient (Wildman–Crippen LogP) is 3.36. The minimum Gasteiger partial charge on any atom is -0.370 e. The maximum Gasteiger partial charge on any atom is 0.0505 e. The van der Waals surface area contributed by atoms with E-state index in [1.165, 1.54) is 33.7 Å². The van der Waals surface area contributed by atoms with Gasteiger partial charge in [0, 0.05) is 28.2 Å². The topological polar surface area (TPSA) is 15.3 Å². The van der Waals surface area contributed by atoms with Crippen LogP contribution < -0.4 is 10.2 Å². The Morgan fingerprint density at radius 1 is 1.53 bits per heavy atom. The molecule has 1 aliphatic rings. The summed E-state index contributed by atoms with van der Waals surface area (Å²) in [5.74, 6) is 1.20. The number of benzene rings is 1. The summed E-state index contributed by atoms with van der Waals surface area (Å²) in [5, 5.41) is 3.22. The van der Waals surface area contributed by atoms with Crippen LogP contribution >= 0.6 is 27.7 Å². The van der Waals surface area contributed by atoms with Gasteiger partial charge in [0.25, 0.3) is 0 Å². The van der Waals surface area contributed by atoms with Gasteiger partial charge in [-0.25, -0.2) is 0 Å². The van der Waals surface area contributed by atoms with Crippen LogP contribution in [0, 0.1) is 0 Å². The molecule has 94 valence electrons. The fourth-order valence-corrected chi connectivity index (χ4v) is 4.03. The Kier molecular flexibility index (Phi) is 4.77. The Morgan fingerprint density at radius 3 is 3.12 bits per heavy atom. The number of nitrogens with zero attached hydrogens (tertiary/aromatic N) is 1. The van der Waals surface area contributed by atoms with Gasteiger partial charge in [-0.2, -0.15) is 0 Å². The molecule has 0 saturated carbocycles. The molecular formula is C13H19BrN2S. The first-order valence-electron chi connectivity index (χ1n) is 6.02. The van der Waals surface area contributed by atoms with Gasteiger partial charge in [-0.15, -0.1) is 11.8 Å². The summed E-state index contributed by atoms with van der Waals surface area (Å²) >= 11 is 5.52. The number of nitrogens with one attached hydrogen (secondary N) is 1. The molecule has 0 aromatic heterocycles. The Labute approximate surface area is 116 Å². The number of hydrogen-bond donors (Lipinski definition) is 1.